The van der Waals surface area contributed by atoms with Crippen LogP contribution in [0, 0.1) is 22.7 Å². The van der Waals surface area contributed by atoms with Crippen molar-refractivity contribution >= 4 is 11.8 Å². The molecule has 1 heterocycles. The zero-order chi connectivity index (χ0) is 31.8. The van der Waals surface area contributed by atoms with E-state index in [0.717, 1.165) is 29.6 Å². The fourth-order valence-electron chi connectivity index (χ4n) is 5.59. The van der Waals surface area contributed by atoms with Crippen LogP contribution in [0.4, 0.5) is 0 Å². The number of rotatable bonds is 12. The molecule has 7 nitrogen and oxygen atoms in total. The van der Waals surface area contributed by atoms with Gasteiger partial charge in [-0.1, -0.05) is 83.4 Å². The second kappa shape index (κ2) is 14.5. The number of hydrogen-bond donors (Lipinski definition) is 2. The van der Waals surface area contributed by atoms with Crippen molar-refractivity contribution in [1.29, 1.82) is 10.8 Å². The third kappa shape index (κ3) is 8.56. The van der Waals surface area contributed by atoms with E-state index in [-0.39, 0.29) is 17.2 Å². The number of aromatic nitrogens is 2. The first-order valence-corrected chi connectivity index (χ1v) is 16.0. The molecule has 45 heavy (non-hydrogen) atoms. The lowest BCUT2D eigenvalue weighted by Gasteiger charge is -2.19. The minimum absolute atomic E-state index is 0.0186. The van der Waals surface area contributed by atoms with Crippen molar-refractivity contribution in [3.8, 4) is 28.7 Å². The van der Waals surface area contributed by atoms with Crippen LogP contribution in [0.2, 0.25) is 0 Å². The second-order valence-electron chi connectivity index (χ2n) is 13.0. The average Bonchev–Trinajstić information content (AvgIpc) is 3.76. The minimum atomic E-state index is -0.133. The molecule has 0 fully saturated rings. The normalized spacial score (nSPS) is 15.2. The van der Waals surface area contributed by atoms with Crippen LogP contribution in [0.25, 0.3) is 22.9 Å². The monoisotopic (exact) mass is 604 g/mol. The van der Waals surface area contributed by atoms with Gasteiger partial charge >= 0.3 is 0 Å². The van der Waals surface area contributed by atoms with Gasteiger partial charge in [0.25, 0.3) is 0 Å². The summed E-state index contributed by atoms with van der Waals surface area (Å²) in [6, 6.07) is 22.5. The number of hydrogen-bond acceptors (Lipinski definition) is 7. The van der Waals surface area contributed by atoms with Crippen molar-refractivity contribution in [3.63, 3.8) is 0 Å². The fraction of sp³-hybridized carbons (Fsp3) is 0.368. The van der Waals surface area contributed by atoms with E-state index in [4.69, 9.17) is 24.7 Å². The third-order valence-electron chi connectivity index (χ3n) is 8.45. The maximum Gasteiger partial charge on any atom is 0.248 e. The van der Waals surface area contributed by atoms with E-state index in [1.807, 2.05) is 54.6 Å². The van der Waals surface area contributed by atoms with Gasteiger partial charge in [-0.05, 0) is 90.6 Å². The van der Waals surface area contributed by atoms with Gasteiger partial charge in [0.05, 0.1) is 6.61 Å². The van der Waals surface area contributed by atoms with Gasteiger partial charge < -0.3 is 13.9 Å². The summed E-state index contributed by atoms with van der Waals surface area (Å²) < 4.78 is 17.7. The zero-order valence-electron chi connectivity index (χ0n) is 26.8. The molecule has 0 spiro atoms. The van der Waals surface area contributed by atoms with Crippen molar-refractivity contribution in [2.24, 2.45) is 11.8 Å². The quantitative estimate of drug-likeness (QED) is 0.0725. The first-order chi connectivity index (χ1) is 21.7. The van der Waals surface area contributed by atoms with Crippen LogP contribution >= 0.6 is 0 Å². The molecule has 5 rings (SSSR count). The third-order valence-corrected chi connectivity index (χ3v) is 8.45. The van der Waals surface area contributed by atoms with Crippen LogP contribution in [0.1, 0.15) is 82.9 Å². The topological polar surface area (TPSA) is 105 Å². The molecule has 0 amide bonds. The van der Waals surface area contributed by atoms with Crippen LogP contribution in [0.15, 0.2) is 89.4 Å². The standard InChI is InChI=1S/C38H44N4O3/c1-26(27-13-7-8-14-27)12-6-5-9-23-43-33-18-11-17-31(25-33)37-42-41-36(45-37)30-16-10-15-29(24-30)35(40)44-34(39)28-19-21-32(22-20-28)38(2,3)4/h7,10-11,13,15-22,24-27,39-40H,5-6,8-9,12,14,23H2,1-4H3. The number of ether oxygens (including phenoxy) is 2. The van der Waals surface area contributed by atoms with E-state index >= 15 is 0 Å². The molecule has 7 heteroatoms. The SMILES string of the molecule is CC(CCCCCOc1cccc(-c2nnc(-c3cccc(C(=N)OC(=N)c4ccc(C(C)(C)C)cc4)c3)o2)c1)C1C=CCC1. The Balaban J connectivity index is 1.14. The van der Waals surface area contributed by atoms with Crippen LogP contribution in [0.3, 0.4) is 0 Å². The number of nitrogens with one attached hydrogen (secondary N) is 2. The maximum atomic E-state index is 8.47. The largest absolute Gasteiger partial charge is 0.494 e. The molecular formula is C38H44N4O3. The molecule has 0 bridgehead atoms. The summed E-state index contributed by atoms with van der Waals surface area (Å²) in [4.78, 5) is 0. The highest BCUT2D eigenvalue weighted by Crippen LogP contribution is 2.30. The van der Waals surface area contributed by atoms with Gasteiger partial charge in [0, 0.05) is 22.3 Å². The van der Waals surface area contributed by atoms with E-state index in [0.29, 0.717) is 35.1 Å². The van der Waals surface area contributed by atoms with E-state index in [2.05, 4.69) is 50.0 Å². The molecule has 1 aromatic heterocycles. The van der Waals surface area contributed by atoms with E-state index in [1.165, 1.54) is 37.7 Å². The molecule has 2 unspecified atom stereocenters. The molecule has 0 radical (unpaired) electrons. The predicted molar refractivity (Wildman–Crippen MR) is 180 cm³/mol. The molecule has 1 aliphatic carbocycles. The van der Waals surface area contributed by atoms with Crippen LogP contribution in [-0.4, -0.2) is 28.6 Å². The lowest BCUT2D eigenvalue weighted by atomic mass is 9.87. The highest BCUT2D eigenvalue weighted by atomic mass is 16.5. The van der Waals surface area contributed by atoms with Crippen LogP contribution in [-0.2, 0) is 10.2 Å². The van der Waals surface area contributed by atoms with E-state index < -0.39 is 0 Å². The second-order valence-corrected chi connectivity index (χ2v) is 13.0. The lowest BCUT2D eigenvalue weighted by molar-refractivity contribution is 0.299. The molecule has 234 valence electrons. The van der Waals surface area contributed by atoms with Crippen molar-refractivity contribution in [1.82, 2.24) is 10.2 Å². The van der Waals surface area contributed by atoms with Gasteiger partial charge in [0.1, 0.15) is 5.75 Å². The van der Waals surface area contributed by atoms with Crippen LogP contribution < -0.4 is 4.74 Å². The molecular weight excluding hydrogens is 560 g/mol. The van der Waals surface area contributed by atoms with Gasteiger partial charge in [0.2, 0.25) is 23.6 Å². The van der Waals surface area contributed by atoms with E-state index in [9.17, 15) is 0 Å². The Morgan fingerprint density at radius 1 is 0.867 bits per heavy atom. The Labute approximate surface area is 266 Å². The van der Waals surface area contributed by atoms with Crippen molar-refractivity contribution < 1.29 is 13.9 Å². The van der Waals surface area contributed by atoms with Gasteiger partial charge in [-0.3, -0.25) is 10.8 Å². The van der Waals surface area contributed by atoms with Crippen molar-refractivity contribution in [2.45, 2.75) is 71.6 Å². The summed E-state index contributed by atoms with van der Waals surface area (Å²) in [6.07, 6.45) is 12.0. The summed E-state index contributed by atoms with van der Waals surface area (Å²) >= 11 is 0. The molecule has 4 aromatic rings. The summed E-state index contributed by atoms with van der Waals surface area (Å²) in [5.74, 6) is 2.82. The summed E-state index contributed by atoms with van der Waals surface area (Å²) in [5, 5.41) is 25.4. The Morgan fingerprint density at radius 3 is 2.24 bits per heavy atom. The smallest absolute Gasteiger partial charge is 0.248 e. The van der Waals surface area contributed by atoms with Gasteiger partial charge in [-0.15, -0.1) is 10.2 Å². The lowest BCUT2D eigenvalue weighted by Crippen LogP contribution is -2.14. The Bertz CT molecular complexity index is 1630. The first-order valence-electron chi connectivity index (χ1n) is 16.0. The number of unbranched alkanes of at least 4 members (excludes halogenated alkanes) is 2. The van der Waals surface area contributed by atoms with Gasteiger partial charge in [-0.2, -0.15) is 0 Å². The summed E-state index contributed by atoms with van der Waals surface area (Å²) in [7, 11) is 0. The molecule has 1 aliphatic rings. The minimum Gasteiger partial charge on any atom is -0.494 e. The Morgan fingerprint density at radius 2 is 1.56 bits per heavy atom. The number of allylic oxidation sites excluding steroid dienone is 2. The van der Waals surface area contributed by atoms with Gasteiger partial charge in [0.15, 0.2) is 0 Å². The number of nitrogens with zero attached hydrogens (tertiary/aromatic N) is 2. The van der Waals surface area contributed by atoms with E-state index in [1.54, 1.807) is 18.2 Å². The number of benzene rings is 3. The van der Waals surface area contributed by atoms with Crippen molar-refractivity contribution in [3.05, 3.63) is 102 Å². The molecule has 0 saturated heterocycles. The van der Waals surface area contributed by atoms with Gasteiger partial charge in [-0.25, -0.2) is 0 Å². The Hall–Kier alpha value is -4.52. The molecule has 2 N–H and O–H groups in total. The Kier molecular flexibility index (Phi) is 10.3. The van der Waals surface area contributed by atoms with Crippen molar-refractivity contribution in [2.75, 3.05) is 6.61 Å². The predicted octanol–water partition coefficient (Wildman–Crippen LogP) is 9.61. The molecule has 3 aromatic carbocycles. The molecule has 0 saturated carbocycles. The average molecular weight is 605 g/mol. The van der Waals surface area contributed by atoms with Crippen LogP contribution in [0.5, 0.6) is 5.75 Å². The summed E-state index contributed by atoms with van der Waals surface area (Å²) in [6.45, 7) is 9.48. The maximum absolute atomic E-state index is 8.47. The molecule has 2 atom stereocenters. The summed E-state index contributed by atoms with van der Waals surface area (Å²) in [5.41, 5.74) is 3.74. The first kappa shape index (κ1) is 31.9. The molecule has 0 aliphatic heterocycles. The highest BCUT2D eigenvalue weighted by Gasteiger charge is 2.18. The highest BCUT2D eigenvalue weighted by molar-refractivity contribution is 6.05. The fourth-order valence-corrected chi connectivity index (χ4v) is 5.59. The zero-order valence-corrected chi connectivity index (χ0v) is 26.8.